The van der Waals surface area contributed by atoms with E-state index in [1.54, 1.807) is 18.0 Å². The third kappa shape index (κ3) is 6.50. The van der Waals surface area contributed by atoms with Gasteiger partial charge in [-0.15, -0.1) is 11.8 Å². The van der Waals surface area contributed by atoms with Gasteiger partial charge in [-0.1, -0.05) is 48.2 Å². The minimum atomic E-state index is -0.0519. The summed E-state index contributed by atoms with van der Waals surface area (Å²) in [5, 5.41) is 3.59. The van der Waals surface area contributed by atoms with Gasteiger partial charge in [-0.25, -0.2) is 9.97 Å². The normalized spacial score (nSPS) is 14.3. The first-order chi connectivity index (χ1) is 15.7. The lowest BCUT2D eigenvalue weighted by Crippen LogP contribution is -2.35. The van der Waals surface area contributed by atoms with Crippen LogP contribution in [0, 0.1) is 5.92 Å². The van der Waals surface area contributed by atoms with E-state index < -0.39 is 0 Å². The Hall–Kier alpha value is -2.51. The number of anilines is 2. The Balaban J connectivity index is 1.26. The highest BCUT2D eigenvalue weighted by atomic mass is 32.2. The highest BCUT2D eigenvalue weighted by molar-refractivity contribution is 7.99. The maximum Gasteiger partial charge on any atom is 0.234 e. The number of amides is 1. The van der Waals surface area contributed by atoms with Crippen LogP contribution in [0.25, 0.3) is 0 Å². The highest BCUT2D eigenvalue weighted by Crippen LogP contribution is 2.26. The Kier molecular flexibility index (Phi) is 8.07. The average molecular weight is 465 g/mol. The summed E-state index contributed by atoms with van der Waals surface area (Å²) in [6.45, 7) is 2.01. The fraction of sp³-hybridized carbons (Fsp3) is 0.320. The van der Waals surface area contributed by atoms with E-state index in [0.29, 0.717) is 5.16 Å². The van der Waals surface area contributed by atoms with Gasteiger partial charge in [-0.2, -0.15) is 0 Å². The minimum absolute atomic E-state index is 0.0519. The molecule has 1 amide bonds. The fourth-order valence-electron chi connectivity index (χ4n) is 3.92. The molecule has 32 heavy (non-hydrogen) atoms. The van der Waals surface area contributed by atoms with Crippen LogP contribution in [0.4, 0.5) is 11.5 Å². The number of thioether (sulfide) groups is 2. The molecule has 0 saturated carbocycles. The van der Waals surface area contributed by atoms with Crippen LogP contribution >= 0.6 is 23.5 Å². The molecule has 2 aromatic carbocycles. The van der Waals surface area contributed by atoms with Crippen LogP contribution < -0.4 is 10.2 Å². The van der Waals surface area contributed by atoms with Gasteiger partial charge in [-0.3, -0.25) is 4.79 Å². The molecular formula is C25H28N4OS2. The van der Waals surface area contributed by atoms with Crippen LogP contribution in [0.5, 0.6) is 0 Å². The molecule has 5 nitrogen and oxygen atoms in total. The molecule has 1 N–H and O–H groups in total. The number of carbonyl (C=O) groups excluding carboxylic acids is 1. The van der Waals surface area contributed by atoms with Crippen molar-refractivity contribution in [2.45, 2.75) is 29.3 Å². The second kappa shape index (κ2) is 11.4. The molecule has 4 rings (SSSR count). The summed E-state index contributed by atoms with van der Waals surface area (Å²) in [5.41, 5.74) is 2.24. The summed E-state index contributed by atoms with van der Waals surface area (Å²) in [4.78, 5) is 24.9. The van der Waals surface area contributed by atoms with Crippen molar-refractivity contribution in [2.75, 3.05) is 35.3 Å². The molecule has 1 aliphatic heterocycles. The number of carbonyl (C=O) groups is 1. The van der Waals surface area contributed by atoms with Gasteiger partial charge in [0.05, 0.1) is 5.75 Å². The second-order valence-electron chi connectivity index (χ2n) is 7.89. The molecule has 0 atom stereocenters. The number of nitrogens with one attached hydrogen (secondary N) is 1. The smallest absolute Gasteiger partial charge is 0.234 e. The Labute approximate surface area is 198 Å². The lowest BCUT2D eigenvalue weighted by atomic mass is 9.90. The zero-order valence-corrected chi connectivity index (χ0v) is 19.9. The molecule has 0 spiro atoms. The van der Waals surface area contributed by atoms with Gasteiger partial charge in [0.15, 0.2) is 5.16 Å². The molecule has 3 aromatic rings. The summed E-state index contributed by atoms with van der Waals surface area (Å²) in [5.74, 6) is 1.90. The molecule has 166 valence electrons. The number of aromatic nitrogens is 2. The number of nitrogens with zero attached hydrogens (tertiary/aromatic N) is 3. The quantitative estimate of drug-likeness (QED) is 0.356. The van der Waals surface area contributed by atoms with E-state index in [4.69, 9.17) is 4.98 Å². The first-order valence-corrected chi connectivity index (χ1v) is 13.1. The van der Waals surface area contributed by atoms with Gasteiger partial charge in [0.1, 0.15) is 5.82 Å². The first kappa shape index (κ1) is 22.7. The van der Waals surface area contributed by atoms with Crippen LogP contribution in [0.3, 0.4) is 0 Å². The van der Waals surface area contributed by atoms with Gasteiger partial charge in [0.25, 0.3) is 0 Å². The molecular weight excluding hydrogens is 436 g/mol. The van der Waals surface area contributed by atoms with Crippen molar-refractivity contribution in [3.63, 3.8) is 0 Å². The number of piperidine rings is 1. The van der Waals surface area contributed by atoms with Crippen LogP contribution in [0.15, 0.2) is 76.9 Å². The summed E-state index contributed by atoms with van der Waals surface area (Å²) < 4.78 is 0. The molecule has 0 bridgehead atoms. The van der Waals surface area contributed by atoms with Crippen LogP contribution in [0.1, 0.15) is 18.4 Å². The average Bonchev–Trinajstić information content (AvgIpc) is 2.84. The number of hydrogen-bond donors (Lipinski definition) is 1. The molecule has 0 radical (unpaired) electrons. The van der Waals surface area contributed by atoms with Crippen LogP contribution in [-0.4, -0.2) is 41.0 Å². The molecule has 1 aliphatic rings. The van der Waals surface area contributed by atoms with Gasteiger partial charge in [-0.05, 0) is 61.3 Å². The molecule has 1 aromatic heterocycles. The van der Waals surface area contributed by atoms with Crippen molar-refractivity contribution in [3.05, 3.63) is 72.4 Å². The van der Waals surface area contributed by atoms with Crippen LogP contribution in [-0.2, 0) is 11.2 Å². The van der Waals surface area contributed by atoms with Gasteiger partial charge in [0, 0.05) is 29.9 Å². The van der Waals surface area contributed by atoms with E-state index in [1.807, 2.05) is 36.6 Å². The predicted octanol–water partition coefficient (Wildman–Crippen LogP) is 5.39. The number of benzene rings is 2. The third-order valence-corrected chi connectivity index (χ3v) is 7.20. The fourth-order valence-corrected chi connectivity index (χ4v) is 5.00. The summed E-state index contributed by atoms with van der Waals surface area (Å²) >= 11 is 3.03. The first-order valence-electron chi connectivity index (χ1n) is 10.9. The number of hydrogen-bond acceptors (Lipinski definition) is 6. The lowest BCUT2D eigenvalue weighted by molar-refractivity contribution is -0.113. The van der Waals surface area contributed by atoms with Crippen molar-refractivity contribution < 1.29 is 4.79 Å². The summed E-state index contributed by atoms with van der Waals surface area (Å²) in [6.07, 6.45) is 7.29. The Morgan fingerprint density at radius 2 is 1.91 bits per heavy atom. The molecule has 1 fully saturated rings. The molecule has 0 unspecified atom stereocenters. The van der Waals surface area contributed by atoms with Crippen molar-refractivity contribution in [2.24, 2.45) is 5.92 Å². The van der Waals surface area contributed by atoms with Crippen molar-refractivity contribution >= 4 is 40.9 Å². The van der Waals surface area contributed by atoms with E-state index in [2.05, 4.69) is 45.5 Å². The highest BCUT2D eigenvalue weighted by Gasteiger charge is 2.21. The minimum Gasteiger partial charge on any atom is -0.356 e. The van der Waals surface area contributed by atoms with E-state index in [-0.39, 0.29) is 11.7 Å². The van der Waals surface area contributed by atoms with E-state index in [1.165, 1.54) is 30.2 Å². The van der Waals surface area contributed by atoms with E-state index >= 15 is 0 Å². The number of rotatable bonds is 8. The Morgan fingerprint density at radius 1 is 1.09 bits per heavy atom. The van der Waals surface area contributed by atoms with Crippen LogP contribution in [0.2, 0.25) is 0 Å². The molecule has 0 aliphatic carbocycles. The topological polar surface area (TPSA) is 58.1 Å². The maximum absolute atomic E-state index is 12.4. The summed E-state index contributed by atoms with van der Waals surface area (Å²) in [7, 11) is 0. The maximum atomic E-state index is 12.4. The largest absolute Gasteiger partial charge is 0.356 e. The van der Waals surface area contributed by atoms with E-state index in [9.17, 15) is 4.79 Å². The van der Waals surface area contributed by atoms with Crippen molar-refractivity contribution in [1.29, 1.82) is 0 Å². The van der Waals surface area contributed by atoms with Gasteiger partial charge >= 0.3 is 0 Å². The van der Waals surface area contributed by atoms with Crippen molar-refractivity contribution in [1.82, 2.24) is 9.97 Å². The Bertz CT molecular complexity index is 1020. The second-order valence-corrected chi connectivity index (χ2v) is 9.71. The zero-order valence-electron chi connectivity index (χ0n) is 18.2. The SMILES string of the molecule is CSc1cccc(NC(=O)CSc2nccc(N3CCC(Cc4ccccc4)CC3)n2)c1. The van der Waals surface area contributed by atoms with E-state index in [0.717, 1.165) is 41.8 Å². The monoisotopic (exact) mass is 464 g/mol. The standard InChI is InChI=1S/C25H28N4OS2/c1-31-22-9-5-8-21(17-22)27-24(30)18-32-25-26-13-10-23(28-25)29-14-11-20(12-15-29)16-19-6-3-2-4-7-19/h2-10,13,17,20H,11-12,14-16,18H2,1H3,(H,27,30). The van der Waals surface area contributed by atoms with Gasteiger partial charge in [0.2, 0.25) is 5.91 Å². The van der Waals surface area contributed by atoms with Gasteiger partial charge < -0.3 is 10.2 Å². The predicted molar refractivity (Wildman–Crippen MR) is 135 cm³/mol. The molecule has 1 saturated heterocycles. The zero-order chi connectivity index (χ0) is 22.2. The molecule has 2 heterocycles. The third-order valence-electron chi connectivity index (χ3n) is 5.61. The lowest BCUT2D eigenvalue weighted by Gasteiger charge is -2.33. The summed E-state index contributed by atoms with van der Waals surface area (Å²) in [6, 6.07) is 20.6. The molecule has 7 heteroatoms. The van der Waals surface area contributed by atoms with Crippen molar-refractivity contribution in [3.8, 4) is 0 Å². The Morgan fingerprint density at radius 3 is 2.69 bits per heavy atom.